The van der Waals surface area contributed by atoms with Crippen LogP contribution < -0.4 is 10.6 Å². The molecule has 4 fully saturated rings. The molecule has 49 heavy (non-hydrogen) atoms. The van der Waals surface area contributed by atoms with Gasteiger partial charge < -0.3 is 30.0 Å². The Morgan fingerprint density at radius 1 is 1.12 bits per heavy atom. The van der Waals surface area contributed by atoms with E-state index in [0.29, 0.717) is 35.9 Å². The summed E-state index contributed by atoms with van der Waals surface area (Å²) in [5.74, 6) is -1.30. The molecule has 2 aliphatic heterocycles. The molecule has 0 bridgehead atoms. The fraction of sp³-hybridized carbons (Fsp3) is 0.588. The van der Waals surface area contributed by atoms with E-state index in [1.54, 1.807) is 12.1 Å². The Bertz CT molecular complexity index is 1770. The third-order valence-corrected chi connectivity index (χ3v) is 12.6. The average molecular weight is 721 g/mol. The molecule has 11 nitrogen and oxygen atoms in total. The molecule has 2 aromatic carbocycles. The summed E-state index contributed by atoms with van der Waals surface area (Å²) in [5.41, 5.74) is 0.869. The molecule has 0 spiro atoms. The largest absolute Gasteiger partial charge is 0.446 e. The number of thiazole rings is 1. The molecule has 7 rings (SSSR count). The summed E-state index contributed by atoms with van der Waals surface area (Å²) in [4.78, 5) is 18.0. The summed E-state index contributed by atoms with van der Waals surface area (Å²) in [7, 11) is -4.13. The zero-order valence-corrected chi connectivity index (χ0v) is 29.0. The second-order valence-electron chi connectivity index (χ2n) is 14.1. The van der Waals surface area contributed by atoms with E-state index in [0.717, 1.165) is 42.6 Å². The van der Waals surface area contributed by atoms with E-state index in [1.165, 1.54) is 21.7 Å². The van der Waals surface area contributed by atoms with Crippen LogP contribution in [0.3, 0.4) is 0 Å². The van der Waals surface area contributed by atoms with Gasteiger partial charge in [-0.25, -0.2) is 27.0 Å². The van der Waals surface area contributed by atoms with Gasteiger partial charge in [0.05, 0.1) is 40.5 Å². The van der Waals surface area contributed by atoms with Crippen molar-refractivity contribution >= 4 is 42.8 Å². The van der Waals surface area contributed by atoms with Crippen LogP contribution in [-0.2, 0) is 30.7 Å². The maximum Gasteiger partial charge on any atom is 0.407 e. The number of anilines is 1. The predicted octanol–water partition coefficient (Wildman–Crippen LogP) is 4.89. The minimum absolute atomic E-state index is 0.0520. The summed E-state index contributed by atoms with van der Waals surface area (Å²) < 4.78 is 75.9. The van der Waals surface area contributed by atoms with Crippen LogP contribution in [0.1, 0.15) is 45.1 Å². The lowest BCUT2D eigenvalue weighted by Crippen LogP contribution is -2.51. The van der Waals surface area contributed by atoms with Gasteiger partial charge in [0.15, 0.2) is 11.4 Å². The lowest BCUT2D eigenvalue weighted by molar-refractivity contribution is -0.173. The zero-order chi connectivity index (χ0) is 34.4. The molecule has 2 saturated heterocycles. The molecule has 15 heteroatoms. The lowest BCUT2D eigenvalue weighted by atomic mass is 9.87. The number of aromatic nitrogens is 1. The number of hydrogen-bond donors (Lipinski definition) is 3. The number of carbonyl (C=O) groups is 1. The van der Waals surface area contributed by atoms with E-state index in [9.17, 15) is 27.1 Å². The van der Waals surface area contributed by atoms with E-state index in [4.69, 9.17) is 14.2 Å². The van der Waals surface area contributed by atoms with Gasteiger partial charge >= 0.3 is 6.09 Å². The summed E-state index contributed by atoms with van der Waals surface area (Å²) in [6.45, 7) is 4.46. The smallest absolute Gasteiger partial charge is 0.407 e. The van der Waals surface area contributed by atoms with Crippen LogP contribution in [0.15, 0.2) is 41.3 Å². The Morgan fingerprint density at radius 2 is 1.90 bits per heavy atom. The number of alkyl carbamates (subject to hydrolysis) is 1. The lowest BCUT2D eigenvalue weighted by Gasteiger charge is -2.33. The number of aliphatic hydroxyl groups is 1. The maximum atomic E-state index is 14.2. The molecule has 2 aliphatic carbocycles. The average Bonchev–Trinajstić information content (AvgIpc) is 3.44. The molecule has 7 atom stereocenters. The van der Waals surface area contributed by atoms with Crippen LogP contribution in [0, 0.1) is 35.3 Å². The molecule has 266 valence electrons. The monoisotopic (exact) mass is 720 g/mol. The number of halogens is 2. The first-order valence-corrected chi connectivity index (χ1v) is 19.2. The number of rotatable bonds is 13. The number of aliphatic hydroxyl groups excluding tert-OH is 1. The number of benzene rings is 2. The van der Waals surface area contributed by atoms with Crippen molar-refractivity contribution in [2.24, 2.45) is 23.7 Å². The zero-order valence-electron chi connectivity index (χ0n) is 27.4. The Balaban J connectivity index is 1.10. The van der Waals surface area contributed by atoms with Crippen LogP contribution in [-0.4, -0.2) is 85.8 Å². The molecule has 2 saturated carbocycles. The van der Waals surface area contributed by atoms with Crippen molar-refractivity contribution in [3.63, 3.8) is 0 Å². The number of carbonyl (C=O) groups excluding carboxylic acids is 1. The van der Waals surface area contributed by atoms with E-state index in [1.807, 2.05) is 13.8 Å². The molecular formula is C34H42F2N4O7S2. The SMILES string of the molecule is CC(C)CN(C[C@@H](O)[C@H](Cc1cc(F)cc(F)c1)NC(=O)O[C@H]1CC2CO[C@H]3OCCC1[C@@H]23)S(=O)(=O)c1ccc2nc(NC3CC3)sc2c1. The number of ether oxygens (including phenoxy) is 3. The second-order valence-corrected chi connectivity index (χ2v) is 17.1. The fourth-order valence-corrected chi connectivity index (χ4v) is 10.1. The van der Waals surface area contributed by atoms with Crippen molar-refractivity contribution in [3.8, 4) is 0 Å². The molecular weight excluding hydrogens is 679 g/mol. The molecule has 3 aromatic rings. The number of hydrogen-bond acceptors (Lipinski definition) is 10. The van der Waals surface area contributed by atoms with Gasteiger partial charge in [-0.1, -0.05) is 25.2 Å². The number of nitrogens with zero attached hydrogens (tertiary/aromatic N) is 2. The second kappa shape index (κ2) is 14.0. The predicted molar refractivity (Wildman–Crippen MR) is 179 cm³/mol. The van der Waals surface area contributed by atoms with Crippen molar-refractivity contribution < 1.29 is 41.3 Å². The first-order chi connectivity index (χ1) is 23.4. The summed E-state index contributed by atoms with van der Waals surface area (Å²) in [6, 6.07) is 7.01. The maximum absolute atomic E-state index is 14.2. The van der Waals surface area contributed by atoms with Crippen LogP contribution in [0.4, 0.5) is 18.7 Å². The normalized spacial score (nSPS) is 26.2. The van der Waals surface area contributed by atoms with E-state index < -0.39 is 39.9 Å². The molecule has 2 unspecified atom stereocenters. The van der Waals surface area contributed by atoms with Crippen LogP contribution in [0.25, 0.3) is 10.2 Å². The van der Waals surface area contributed by atoms with Gasteiger partial charge in [-0.15, -0.1) is 0 Å². The number of fused-ring (bicyclic) bond motifs is 1. The van der Waals surface area contributed by atoms with Gasteiger partial charge in [0.1, 0.15) is 17.7 Å². The van der Waals surface area contributed by atoms with E-state index in [2.05, 4.69) is 15.6 Å². The minimum Gasteiger partial charge on any atom is -0.446 e. The molecule has 3 N–H and O–H groups in total. The van der Waals surface area contributed by atoms with Crippen molar-refractivity contribution in [2.75, 3.05) is 31.6 Å². The Hall–Kier alpha value is -2.95. The standard InChI is InChI=1S/C34H42F2N4O7S2/c1-18(2)15-40(49(43,44)24-5-6-26-30(14-24)48-33(38-26)37-23-3-4-23)16-28(41)27(11-19-9-21(35)13-22(36)10-19)39-34(42)47-29-12-20-17-46-32-31(20)25(29)7-8-45-32/h5-6,9-10,13-14,18,20,23,25,27-29,31-32,41H,3-4,7-8,11-12,15-17H2,1-2H3,(H,37,38)(H,39,42)/t20?,25?,27-,28+,29-,31+,32+/m0/s1. The molecule has 1 amide bonds. The highest BCUT2D eigenvalue weighted by Crippen LogP contribution is 2.50. The highest BCUT2D eigenvalue weighted by Gasteiger charge is 2.55. The van der Waals surface area contributed by atoms with Crippen LogP contribution >= 0.6 is 11.3 Å². The van der Waals surface area contributed by atoms with Crippen molar-refractivity contribution in [1.82, 2.24) is 14.6 Å². The van der Waals surface area contributed by atoms with Gasteiger partial charge in [-0.2, -0.15) is 4.31 Å². The van der Waals surface area contributed by atoms with E-state index >= 15 is 0 Å². The van der Waals surface area contributed by atoms with Crippen LogP contribution in [0.2, 0.25) is 0 Å². The van der Waals surface area contributed by atoms with Gasteiger partial charge in [-0.3, -0.25) is 0 Å². The third-order valence-electron chi connectivity index (χ3n) is 9.84. The Morgan fingerprint density at radius 3 is 2.63 bits per heavy atom. The van der Waals surface area contributed by atoms with Gasteiger partial charge in [0.25, 0.3) is 0 Å². The quantitative estimate of drug-likeness (QED) is 0.225. The van der Waals surface area contributed by atoms with Crippen LogP contribution in [0.5, 0.6) is 0 Å². The minimum atomic E-state index is -4.13. The van der Waals surface area contributed by atoms with Gasteiger partial charge in [0, 0.05) is 37.0 Å². The Labute approximate surface area is 288 Å². The molecule has 3 heterocycles. The molecule has 0 radical (unpaired) electrons. The highest BCUT2D eigenvalue weighted by atomic mass is 32.2. The summed E-state index contributed by atoms with van der Waals surface area (Å²) >= 11 is 1.38. The van der Waals surface area contributed by atoms with Crippen molar-refractivity contribution in [2.45, 2.75) is 81.4 Å². The topological polar surface area (TPSA) is 139 Å². The first kappa shape index (κ1) is 34.5. The van der Waals surface area contributed by atoms with E-state index in [-0.39, 0.29) is 66.0 Å². The fourth-order valence-electron chi connectivity index (χ4n) is 7.44. The summed E-state index contributed by atoms with van der Waals surface area (Å²) in [5, 5.41) is 18.4. The highest BCUT2D eigenvalue weighted by molar-refractivity contribution is 7.89. The number of nitrogens with one attached hydrogen (secondary N) is 2. The third kappa shape index (κ3) is 7.71. The first-order valence-electron chi connectivity index (χ1n) is 16.9. The number of amides is 1. The van der Waals surface area contributed by atoms with Crippen molar-refractivity contribution in [3.05, 3.63) is 53.6 Å². The Kier molecular flexibility index (Phi) is 9.85. The van der Waals surface area contributed by atoms with Gasteiger partial charge in [0.2, 0.25) is 10.0 Å². The molecule has 4 aliphatic rings. The van der Waals surface area contributed by atoms with Gasteiger partial charge in [-0.05, 0) is 79.8 Å². The van der Waals surface area contributed by atoms with Crippen molar-refractivity contribution in [1.29, 1.82) is 0 Å². The number of sulfonamides is 1. The summed E-state index contributed by atoms with van der Waals surface area (Å²) in [6.07, 6.45) is 0.396. The molecule has 1 aromatic heterocycles.